The number of nitrogens with one attached hydrogen (secondary N) is 1. The van der Waals surface area contributed by atoms with Gasteiger partial charge < -0.3 is 10.1 Å². The van der Waals surface area contributed by atoms with Crippen LogP contribution in [0.4, 0.5) is 5.69 Å². The second-order valence-electron chi connectivity index (χ2n) is 3.51. The van der Waals surface area contributed by atoms with Crippen molar-refractivity contribution in [2.24, 2.45) is 0 Å². The second-order valence-corrected chi connectivity index (χ2v) is 3.51. The molecule has 0 aliphatic heterocycles. The number of rotatable bonds is 6. The van der Waals surface area contributed by atoms with Crippen molar-refractivity contribution < 1.29 is 4.74 Å². The minimum Gasteiger partial charge on any atom is -0.494 e. The molecule has 0 unspecified atom stereocenters. The van der Waals surface area contributed by atoms with E-state index in [1.807, 2.05) is 38.2 Å². The molecule has 0 bridgehead atoms. The van der Waals surface area contributed by atoms with Gasteiger partial charge >= 0.3 is 0 Å². The van der Waals surface area contributed by atoms with Gasteiger partial charge in [-0.3, -0.25) is 0 Å². The SMILES string of the molecule is CC#CCCCCOc1cccc(NC)c1. The number of unbranched alkanes of at least 4 members (excludes halogenated alkanes) is 2. The van der Waals surface area contributed by atoms with E-state index in [0.29, 0.717) is 0 Å². The first-order valence-electron chi connectivity index (χ1n) is 5.67. The van der Waals surface area contributed by atoms with Crippen molar-refractivity contribution in [2.75, 3.05) is 19.0 Å². The Hall–Kier alpha value is -1.62. The van der Waals surface area contributed by atoms with Crippen LogP contribution >= 0.6 is 0 Å². The average Bonchev–Trinajstić information content (AvgIpc) is 2.34. The summed E-state index contributed by atoms with van der Waals surface area (Å²) in [5, 5.41) is 3.09. The van der Waals surface area contributed by atoms with Crippen LogP contribution < -0.4 is 10.1 Å². The summed E-state index contributed by atoms with van der Waals surface area (Å²) in [6, 6.07) is 7.99. The Morgan fingerprint density at radius 2 is 2.19 bits per heavy atom. The van der Waals surface area contributed by atoms with Crippen LogP contribution in [-0.4, -0.2) is 13.7 Å². The van der Waals surface area contributed by atoms with Gasteiger partial charge in [0.25, 0.3) is 0 Å². The number of hydrogen-bond donors (Lipinski definition) is 1. The highest BCUT2D eigenvalue weighted by Crippen LogP contribution is 2.16. The van der Waals surface area contributed by atoms with E-state index in [1.165, 1.54) is 0 Å². The lowest BCUT2D eigenvalue weighted by Gasteiger charge is -2.07. The molecule has 0 aliphatic carbocycles. The first-order chi connectivity index (χ1) is 7.86. The smallest absolute Gasteiger partial charge is 0.121 e. The number of hydrogen-bond acceptors (Lipinski definition) is 2. The highest BCUT2D eigenvalue weighted by atomic mass is 16.5. The molecule has 0 spiro atoms. The maximum atomic E-state index is 5.64. The first-order valence-corrected chi connectivity index (χ1v) is 5.67. The molecule has 0 heterocycles. The van der Waals surface area contributed by atoms with Crippen LogP contribution in [0.15, 0.2) is 24.3 Å². The topological polar surface area (TPSA) is 21.3 Å². The summed E-state index contributed by atoms with van der Waals surface area (Å²) in [5.74, 6) is 6.87. The second kappa shape index (κ2) is 7.64. The van der Waals surface area contributed by atoms with Crippen molar-refractivity contribution in [3.05, 3.63) is 24.3 Å². The average molecular weight is 217 g/mol. The number of benzene rings is 1. The zero-order chi connectivity index (χ0) is 11.6. The molecular weight excluding hydrogens is 198 g/mol. The van der Waals surface area contributed by atoms with Gasteiger partial charge in [-0.05, 0) is 31.9 Å². The van der Waals surface area contributed by atoms with Crippen molar-refractivity contribution in [1.29, 1.82) is 0 Å². The molecule has 0 atom stereocenters. The fourth-order valence-electron chi connectivity index (χ4n) is 1.37. The number of anilines is 1. The van der Waals surface area contributed by atoms with E-state index in [2.05, 4.69) is 17.2 Å². The summed E-state index contributed by atoms with van der Waals surface area (Å²) in [6.07, 6.45) is 3.13. The van der Waals surface area contributed by atoms with Gasteiger partial charge in [0, 0.05) is 25.2 Å². The standard InChI is InChI=1S/C14H19NO/c1-3-4-5-6-7-11-16-14-10-8-9-13(12-14)15-2/h8-10,12,15H,5-7,11H2,1-2H3. The Bertz CT molecular complexity index is 362. The van der Waals surface area contributed by atoms with Crippen LogP contribution in [0, 0.1) is 11.8 Å². The molecule has 1 aromatic carbocycles. The van der Waals surface area contributed by atoms with Gasteiger partial charge in [-0.2, -0.15) is 0 Å². The largest absolute Gasteiger partial charge is 0.494 e. The fraction of sp³-hybridized carbons (Fsp3) is 0.429. The van der Waals surface area contributed by atoms with Gasteiger partial charge in [0.15, 0.2) is 0 Å². The predicted octanol–water partition coefficient (Wildman–Crippen LogP) is 3.30. The van der Waals surface area contributed by atoms with Crippen molar-refractivity contribution in [2.45, 2.75) is 26.2 Å². The quantitative estimate of drug-likeness (QED) is 0.583. The van der Waals surface area contributed by atoms with Crippen molar-refractivity contribution >= 4 is 5.69 Å². The van der Waals surface area contributed by atoms with Crippen LogP contribution in [0.5, 0.6) is 5.75 Å². The minimum atomic E-state index is 0.762. The van der Waals surface area contributed by atoms with E-state index < -0.39 is 0 Å². The lowest BCUT2D eigenvalue weighted by atomic mass is 10.2. The van der Waals surface area contributed by atoms with Gasteiger partial charge in [-0.25, -0.2) is 0 Å². The van der Waals surface area contributed by atoms with E-state index in [9.17, 15) is 0 Å². The van der Waals surface area contributed by atoms with E-state index in [4.69, 9.17) is 4.74 Å². The molecule has 0 fully saturated rings. The molecule has 0 amide bonds. The van der Waals surface area contributed by atoms with Gasteiger partial charge in [-0.15, -0.1) is 11.8 Å². The monoisotopic (exact) mass is 217 g/mol. The molecule has 1 rings (SSSR count). The minimum absolute atomic E-state index is 0.762. The Morgan fingerprint density at radius 3 is 2.94 bits per heavy atom. The summed E-state index contributed by atoms with van der Waals surface area (Å²) < 4.78 is 5.64. The molecule has 16 heavy (non-hydrogen) atoms. The maximum Gasteiger partial charge on any atom is 0.121 e. The lowest BCUT2D eigenvalue weighted by molar-refractivity contribution is 0.308. The molecule has 0 saturated heterocycles. The van der Waals surface area contributed by atoms with Crippen LogP contribution in [-0.2, 0) is 0 Å². The summed E-state index contributed by atoms with van der Waals surface area (Å²) in [5.41, 5.74) is 1.08. The highest BCUT2D eigenvalue weighted by molar-refractivity contribution is 5.47. The third-order valence-electron chi connectivity index (χ3n) is 2.26. The molecule has 0 radical (unpaired) electrons. The third-order valence-corrected chi connectivity index (χ3v) is 2.26. The summed E-state index contributed by atoms with van der Waals surface area (Å²) in [4.78, 5) is 0. The third kappa shape index (κ3) is 4.75. The molecule has 0 aromatic heterocycles. The molecule has 0 aliphatic rings. The van der Waals surface area contributed by atoms with Crippen LogP contribution in [0.25, 0.3) is 0 Å². The van der Waals surface area contributed by atoms with Crippen LogP contribution in [0.1, 0.15) is 26.2 Å². The predicted molar refractivity (Wildman–Crippen MR) is 68.8 cm³/mol. The summed E-state index contributed by atoms with van der Waals surface area (Å²) in [6.45, 7) is 2.64. The molecule has 2 heteroatoms. The highest BCUT2D eigenvalue weighted by Gasteiger charge is 1.94. The van der Waals surface area contributed by atoms with Gasteiger partial charge in [-0.1, -0.05) is 6.07 Å². The van der Waals surface area contributed by atoms with E-state index in [-0.39, 0.29) is 0 Å². The van der Waals surface area contributed by atoms with Gasteiger partial charge in [0.1, 0.15) is 5.75 Å². The van der Waals surface area contributed by atoms with Crippen LogP contribution in [0.3, 0.4) is 0 Å². The van der Waals surface area contributed by atoms with Gasteiger partial charge in [0.2, 0.25) is 0 Å². The molecular formula is C14H19NO. The first kappa shape index (κ1) is 12.4. The maximum absolute atomic E-state index is 5.64. The Morgan fingerprint density at radius 1 is 1.31 bits per heavy atom. The summed E-state index contributed by atoms with van der Waals surface area (Å²) in [7, 11) is 1.91. The van der Waals surface area contributed by atoms with Crippen molar-refractivity contribution in [3.63, 3.8) is 0 Å². The lowest BCUT2D eigenvalue weighted by Crippen LogP contribution is -1.97. The zero-order valence-corrected chi connectivity index (χ0v) is 10.0. The Balaban J connectivity index is 2.22. The molecule has 0 saturated carbocycles. The normalized spacial score (nSPS) is 9.12. The van der Waals surface area contributed by atoms with Crippen molar-refractivity contribution in [3.8, 4) is 17.6 Å². The molecule has 2 nitrogen and oxygen atoms in total. The van der Waals surface area contributed by atoms with Crippen LogP contribution in [0.2, 0.25) is 0 Å². The Kier molecular flexibility index (Phi) is 5.95. The molecule has 1 N–H and O–H groups in total. The Labute approximate surface area is 98.0 Å². The van der Waals surface area contributed by atoms with E-state index in [0.717, 1.165) is 37.3 Å². The molecule has 86 valence electrons. The van der Waals surface area contributed by atoms with E-state index in [1.54, 1.807) is 0 Å². The molecule has 1 aromatic rings. The zero-order valence-electron chi connectivity index (χ0n) is 10.0. The van der Waals surface area contributed by atoms with Gasteiger partial charge in [0.05, 0.1) is 6.61 Å². The fourth-order valence-corrected chi connectivity index (χ4v) is 1.37. The van der Waals surface area contributed by atoms with E-state index >= 15 is 0 Å². The summed E-state index contributed by atoms with van der Waals surface area (Å²) >= 11 is 0. The van der Waals surface area contributed by atoms with Crippen molar-refractivity contribution in [1.82, 2.24) is 0 Å². The number of ether oxygens (including phenoxy) is 1.